The van der Waals surface area contributed by atoms with Crippen LogP contribution in [0.2, 0.25) is 0 Å². The topological polar surface area (TPSA) is 52.3 Å². The molecular formula is C22H31NO2. The first-order valence-electron chi connectivity index (χ1n) is 10.1. The van der Waals surface area contributed by atoms with Crippen LogP contribution in [0.4, 0.5) is 0 Å². The van der Waals surface area contributed by atoms with Crippen molar-refractivity contribution in [1.82, 2.24) is 0 Å². The summed E-state index contributed by atoms with van der Waals surface area (Å²) >= 11 is 0. The molecule has 0 heterocycles. The average molecular weight is 341 g/mol. The maximum atomic E-state index is 11.9. The summed E-state index contributed by atoms with van der Waals surface area (Å²) in [5.41, 5.74) is 9.73. The number of amides is 1. The highest BCUT2D eigenvalue weighted by Crippen LogP contribution is 2.61. The number of carbonyl (C=O) groups excluding carboxylic acids is 1. The Labute approximate surface area is 151 Å². The van der Waals surface area contributed by atoms with Gasteiger partial charge < -0.3 is 10.5 Å². The van der Waals surface area contributed by atoms with Gasteiger partial charge >= 0.3 is 0 Å². The number of primary amides is 1. The molecule has 3 heteroatoms. The van der Waals surface area contributed by atoms with Gasteiger partial charge in [-0.15, -0.1) is 0 Å². The van der Waals surface area contributed by atoms with E-state index in [0.717, 1.165) is 24.0 Å². The van der Waals surface area contributed by atoms with E-state index in [1.807, 2.05) is 6.92 Å². The van der Waals surface area contributed by atoms with Gasteiger partial charge in [0.15, 0.2) is 0 Å². The molecule has 1 amide bonds. The van der Waals surface area contributed by atoms with Crippen LogP contribution < -0.4 is 5.73 Å². The fourth-order valence-corrected chi connectivity index (χ4v) is 6.25. The zero-order valence-electron chi connectivity index (χ0n) is 15.6. The molecule has 0 saturated heterocycles. The SMILES string of the molecule is CCOC1=C(C(N)=O)CC=C2CCC3C(CCC4(C)CCCC34)C2=C1. The van der Waals surface area contributed by atoms with E-state index in [1.54, 1.807) is 0 Å². The predicted octanol–water partition coefficient (Wildman–Crippen LogP) is 4.65. The minimum Gasteiger partial charge on any atom is -0.493 e. The van der Waals surface area contributed by atoms with Crippen LogP contribution in [-0.4, -0.2) is 12.5 Å². The molecule has 4 unspecified atom stereocenters. The second-order valence-corrected chi connectivity index (χ2v) is 8.67. The molecule has 0 bridgehead atoms. The van der Waals surface area contributed by atoms with E-state index >= 15 is 0 Å². The fourth-order valence-electron chi connectivity index (χ4n) is 6.25. The third-order valence-corrected chi connectivity index (χ3v) is 7.47. The average Bonchev–Trinajstić information content (AvgIpc) is 2.87. The van der Waals surface area contributed by atoms with Crippen LogP contribution in [-0.2, 0) is 9.53 Å². The second-order valence-electron chi connectivity index (χ2n) is 8.67. The second kappa shape index (κ2) is 6.34. The van der Waals surface area contributed by atoms with E-state index in [2.05, 4.69) is 19.1 Å². The van der Waals surface area contributed by atoms with Crippen LogP contribution in [0.1, 0.15) is 65.2 Å². The van der Waals surface area contributed by atoms with E-state index in [0.29, 0.717) is 29.9 Å². The third-order valence-electron chi connectivity index (χ3n) is 7.47. The van der Waals surface area contributed by atoms with Crippen molar-refractivity contribution < 1.29 is 9.53 Å². The minimum atomic E-state index is -0.348. The van der Waals surface area contributed by atoms with Gasteiger partial charge in [0.25, 0.3) is 0 Å². The number of allylic oxidation sites excluding steroid dienone is 4. The number of rotatable bonds is 3. The Hall–Kier alpha value is -1.51. The molecular weight excluding hydrogens is 310 g/mol. The van der Waals surface area contributed by atoms with E-state index in [9.17, 15) is 4.79 Å². The van der Waals surface area contributed by atoms with Crippen molar-refractivity contribution in [3.8, 4) is 0 Å². The third kappa shape index (κ3) is 2.76. The van der Waals surface area contributed by atoms with Gasteiger partial charge in [-0.3, -0.25) is 4.79 Å². The first-order valence-corrected chi connectivity index (χ1v) is 10.1. The van der Waals surface area contributed by atoms with Crippen LogP contribution in [0.3, 0.4) is 0 Å². The number of ether oxygens (including phenoxy) is 1. The zero-order valence-corrected chi connectivity index (χ0v) is 15.6. The summed E-state index contributed by atoms with van der Waals surface area (Å²) < 4.78 is 5.84. The maximum absolute atomic E-state index is 11.9. The van der Waals surface area contributed by atoms with Crippen molar-refractivity contribution in [3.63, 3.8) is 0 Å². The minimum absolute atomic E-state index is 0.348. The van der Waals surface area contributed by atoms with E-state index < -0.39 is 0 Å². The van der Waals surface area contributed by atoms with E-state index in [-0.39, 0.29) is 5.91 Å². The van der Waals surface area contributed by atoms with E-state index in [4.69, 9.17) is 10.5 Å². The van der Waals surface area contributed by atoms with Crippen LogP contribution in [0.25, 0.3) is 0 Å². The van der Waals surface area contributed by atoms with Crippen LogP contribution in [0.5, 0.6) is 0 Å². The summed E-state index contributed by atoms with van der Waals surface area (Å²) in [5, 5.41) is 0. The highest BCUT2D eigenvalue weighted by atomic mass is 16.5. The Kier molecular flexibility index (Phi) is 4.29. The Balaban J connectivity index is 1.72. The number of fused-ring (bicyclic) bond motifs is 5. The van der Waals surface area contributed by atoms with Crippen LogP contribution >= 0.6 is 0 Å². The van der Waals surface area contributed by atoms with Gasteiger partial charge in [-0.25, -0.2) is 0 Å². The van der Waals surface area contributed by atoms with Gasteiger partial charge in [0.05, 0.1) is 12.2 Å². The largest absolute Gasteiger partial charge is 0.493 e. The lowest BCUT2D eigenvalue weighted by atomic mass is 9.55. The van der Waals surface area contributed by atoms with Crippen molar-refractivity contribution >= 4 is 5.91 Å². The molecule has 4 rings (SSSR count). The molecule has 0 spiro atoms. The lowest BCUT2D eigenvalue weighted by Crippen LogP contribution is -2.41. The summed E-state index contributed by atoms with van der Waals surface area (Å²) in [6, 6.07) is 0. The van der Waals surface area contributed by atoms with Gasteiger partial charge in [-0.1, -0.05) is 19.4 Å². The standard InChI is InChI=1S/C22H31NO2/c1-3-25-20-13-18-14(7-9-17(20)21(23)24)6-8-16-15(18)10-12-22(2)11-4-5-19(16)22/h7,13,15-16,19H,3-6,8-12H2,1-2H3,(H2,23,24). The summed E-state index contributed by atoms with van der Waals surface area (Å²) in [6.45, 7) is 5.07. The Bertz CT molecular complexity index is 672. The molecule has 4 atom stereocenters. The molecule has 4 aliphatic carbocycles. The molecule has 0 radical (unpaired) electrons. The van der Waals surface area contributed by atoms with E-state index in [1.165, 1.54) is 49.7 Å². The van der Waals surface area contributed by atoms with Crippen molar-refractivity contribution in [2.75, 3.05) is 6.61 Å². The molecule has 0 aromatic heterocycles. The van der Waals surface area contributed by atoms with Gasteiger partial charge in [-0.05, 0) is 85.8 Å². The maximum Gasteiger partial charge on any atom is 0.248 e. The molecule has 3 fully saturated rings. The molecule has 3 nitrogen and oxygen atoms in total. The van der Waals surface area contributed by atoms with Gasteiger partial charge in [-0.2, -0.15) is 0 Å². The smallest absolute Gasteiger partial charge is 0.248 e. The van der Waals surface area contributed by atoms with Gasteiger partial charge in [0, 0.05) is 6.42 Å². The number of nitrogens with two attached hydrogens (primary N) is 1. The lowest BCUT2D eigenvalue weighted by Gasteiger charge is -2.50. The first kappa shape index (κ1) is 16.9. The zero-order chi connectivity index (χ0) is 17.6. The summed E-state index contributed by atoms with van der Waals surface area (Å²) in [7, 11) is 0. The van der Waals surface area contributed by atoms with Crippen LogP contribution in [0, 0.1) is 23.2 Å². The predicted molar refractivity (Wildman–Crippen MR) is 99.5 cm³/mol. The quantitative estimate of drug-likeness (QED) is 0.812. The summed E-state index contributed by atoms with van der Waals surface area (Å²) in [5.74, 6) is 2.70. The summed E-state index contributed by atoms with van der Waals surface area (Å²) in [4.78, 5) is 11.9. The Morgan fingerprint density at radius 1 is 1.32 bits per heavy atom. The van der Waals surface area contributed by atoms with Gasteiger partial charge in [0.1, 0.15) is 5.76 Å². The number of carbonyl (C=O) groups is 1. The first-order chi connectivity index (χ1) is 12.0. The number of hydrogen-bond acceptors (Lipinski definition) is 2. The normalized spacial score (nSPS) is 37.3. The molecule has 25 heavy (non-hydrogen) atoms. The van der Waals surface area contributed by atoms with Crippen LogP contribution in [0.15, 0.2) is 34.6 Å². The Morgan fingerprint density at radius 3 is 2.92 bits per heavy atom. The highest BCUT2D eigenvalue weighted by Gasteiger charge is 2.50. The van der Waals surface area contributed by atoms with Crippen molar-refractivity contribution in [3.05, 3.63) is 34.6 Å². The molecule has 3 saturated carbocycles. The Morgan fingerprint density at radius 2 is 2.16 bits per heavy atom. The highest BCUT2D eigenvalue weighted by molar-refractivity contribution is 5.93. The fraction of sp³-hybridized carbons (Fsp3) is 0.682. The van der Waals surface area contributed by atoms with Crippen molar-refractivity contribution in [2.24, 2.45) is 28.9 Å². The van der Waals surface area contributed by atoms with Crippen molar-refractivity contribution in [2.45, 2.75) is 65.2 Å². The molecule has 0 aromatic rings. The molecule has 4 aliphatic rings. The monoisotopic (exact) mass is 341 g/mol. The molecule has 136 valence electrons. The lowest BCUT2D eigenvalue weighted by molar-refractivity contribution is -0.114. The van der Waals surface area contributed by atoms with Crippen molar-refractivity contribution in [1.29, 1.82) is 0 Å². The molecule has 2 N–H and O–H groups in total. The number of hydrogen-bond donors (Lipinski definition) is 1. The summed E-state index contributed by atoms with van der Waals surface area (Å²) in [6.07, 6.45) is 14.3. The molecule has 0 aliphatic heterocycles. The van der Waals surface area contributed by atoms with Gasteiger partial charge in [0.2, 0.25) is 5.91 Å². The molecule has 0 aromatic carbocycles.